The minimum atomic E-state index is 0.198. The van der Waals surface area contributed by atoms with Gasteiger partial charge in [-0.25, -0.2) is 0 Å². The van der Waals surface area contributed by atoms with Gasteiger partial charge < -0.3 is 96.6 Å². The molecule has 21 nitrogen and oxygen atoms in total. The maximum Gasteiger partial charge on any atom is 0.119 e. The lowest BCUT2D eigenvalue weighted by molar-refractivity contribution is -0.00120. The number of piperidine rings is 1. The van der Waals surface area contributed by atoms with Crippen LogP contribution in [-0.4, -0.2) is 347 Å². The summed E-state index contributed by atoms with van der Waals surface area (Å²) in [5, 5.41) is 3.37. The first-order valence-electron chi connectivity index (χ1n) is 54.2. The lowest BCUT2D eigenvalue weighted by Gasteiger charge is -2.42. The standard InChI is InChI=1S/C24H38N2O2.C23H36N2O3.C23H36N2O2.C23H38N2O2.C20H32N2O2/c1-2-15-26(16-3-1)21-24(11-19-27-20-12-24)22-7-9-23(10-8-22)28-18-6-17-25-13-4-5-14-25;1-2-11-24(10-1)12-3-15-28-22-6-4-21(5-7-22)23(8-16-26-17-9-23)20-25-13-18-27-19-14-25;1-2-13-24(12-1)16-5-17-27-22-8-6-21(7-9-22)23(10-18-26-19-11-23)20-25-14-3-4-15-25;1-20(2)24(3)19-23(11-17-26-18-12-23)21-7-9-22(10-8-21)27-16-6-15-25-13-4-5-14-25;1-21-17-20(9-15-23-16-10-20)18-5-7-19(8-6-18)24-14-4-13-22-11-2-3-12-22/h7-10H,1-6,11-21H2;4-7H,1-3,8-20H2;6-9H,1-5,10-20H2;7-10,20H,4-6,11-19H2,1-3H3;5-8,21H,2-4,9-17H2,1H3. The molecule has 13 aliphatic heterocycles. The van der Waals surface area contributed by atoms with Crippen LogP contribution >= 0.6 is 0 Å². The van der Waals surface area contributed by atoms with Gasteiger partial charge in [-0.2, -0.15) is 0 Å². The van der Waals surface area contributed by atoms with E-state index in [4.69, 9.17) is 52.1 Å². The third-order valence-electron chi connectivity index (χ3n) is 32.3. The molecule has 0 atom stereocenters. The van der Waals surface area contributed by atoms with E-state index in [-0.39, 0.29) is 27.1 Å². The average molecular weight is 1850 g/mol. The molecular formula is C113H180N10O11. The van der Waals surface area contributed by atoms with Crippen LogP contribution in [0.1, 0.15) is 234 Å². The van der Waals surface area contributed by atoms with Gasteiger partial charge in [0.2, 0.25) is 0 Å². The molecule has 0 spiro atoms. The fourth-order valence-electron chi connectivity index (χ4n) is 23.6. The number of ether oxygens (including phenoxy) is 11. The van der Waals surface area contributed by atoms with Gasteiger partial charge >= 0.3 is 0 Å². The van der Waals surface area contributed by atoms with E-state index in [1.54, 1.807) is 0 Å². The topological polar surface area (TPSA) is 143 Å². The largest absolute Gasteiger partial charge is 0.494 e. The summed E-state index contributed by atoms with van der Waals surface area (Å²) in [7, 11) is 4.27. The molecule has 0 saturated carbocycles. The van der Waals surface area contributed by atoms with E-state index in [0.29, 0.717) is 6.04 Å². The van der Waals surface area contributed by atoms with Gasteiger partial charge in [0.1, 0.15) is 28.7 Å². The molecule has 0 bridgehead atoms. The van der Waals surface area contributed by atoms with Crippen LogP contribution in [0.2, 0.25) is 0 Å². The lowest BCUT2D eigenvalue weighted by Crippen LogP contribution is -2.48. The highest BCUT2D eigenvalue weighted by molar-refractivity contribution is 5.38. The average Bonchev–Trinajstić information content (AvgIpc) is 0.841. The Morgan fingerprint density at radius 3 is 0.709 bits per heavy atom. The van der Waals surface area contributed by atoms with Gasteiger partial charge in [-0.3, -0.25) is 4.90 Å². The fraction of sp³-hybridized carbons (Fsp3) is 0.735. The monoisotopic (exact) mass is 1850 g/mol. The third-order valence-corrected chi connectivity index (χ3v) is 32.3. The molecule has 13 fully saturated rings. The minimum Gasteiger partial charge on any atom is -0.494 e. The molecule has 134 heavy (non-hydrogen) atoms. The number of nitrogens with one attached hydrogen (secondary N) is 1. The lowest BCUT2D eigenvalue weighted by atomic mass is 9.73. The van der Waals surface area contributed by atoms with Crippen molar-refractivity contribution in [3.8, 4) is 28.7 Å². The van der Waals surface area contributed by atoms with Gasteiger partial charge in [0.15, 0.2) is 0 Å². The van der Waals surface area contributed by atoms with Crippen LogP contribution < -0.4 is 29.0 Å². The first-order valence-corrected chi connectivity index (χ1v) is 54.2. The van der Waals surface area contributed by atoms with Crippen molar-refractivity contribution in [1.82, 2.24) is 49.4 Å². The van der Waals surface area contributed by atoms with Crippen molar-refractivity contribution in [2.45, 2.75) is 240 Å². The van der Waals surface area contributed by atoms with Crippen molar-refractivity contribution in [2.24, 2.45) is 0 Å². The van der Waals surface area contributed by atoms with Crippen LogP contribution in [-0.2, 0) is 55.5 Å². The van der Waals surface area contributed by atoms with Crippen LogP contribution in [0.15, 0.2) is 121 Å². The highest BCUT2D eigenvalue weighted by Crippen LogP contribution is 2.43. The van der Waals surface area contributed by atoms with E-state index < -0.39 is 0 Å². The van der Waals surface area contributed by atoms with E-state index in [0.717, 1.165) is 270 Å². The number of likely N-dealkylation sites (N-methyl/N-ethyl adjacent to an activating group) is 2. The molecule has 21 heteroatoms. The summed E-state index contributed by atoms with van der Waals surface area (Å²) in [6.07, 6.45) is 37.2. The Kier molecular flexibility index (Phi) is 44.2. The van der Waals surface area contributed by atoms with Crippen LogP contribution in [0.25, 0.3) is 0 Å². The van der Waals surface area contributed by atoms with Gasteiger partial charge in [0, 0.05) is 178 Å². The van der Waals surface area contributed by atoms with Crippen LogP contribution in [0.5, 0.6) is 28.7 Å². The first-order chi connectivity index (χ1) is 65.9. The molecule has 13 aliphatic rings. The summed E-state index contributed by atoms with van der Waals surface area (Å²) >= 11 is 0. The second kappa shape index (κ2) is 56.8. The molecule has 748 valence electrons. The number of nitrogens with zero attached hydrogens (tertiary/aromatic N) is 9. The van der Waals surface area contributed by atoms with E-state index in [1.165, 1.54) is 262 Å². The van der Waals surface area contributed by atoms with E-state index in [2.05, 4.69) is 192 Å². The summed E-state index contributed by atoms with van der Waals surface area (Å²) < 4.78 is 63.9. The number of hydrogen-bond acceptors (Lipinski definition) is 21. The quantitative estimate of drug-likeness (QED) is 0.0370. The molecular weight excluding hydrogens is 1670 g/mol. The Hall–Kier alpha value is -5.54. The van der Waals surface area contributed by atoms with Crippen molar-refractivity contribution in [1.29, 1.82) is 0 Å². The molecule has 0 aliphatic carbocycles. The van der Waals surface area contributed by atoms with Crippen molar-refractivity contribution < 1.29 is 52.1 Å². The Labute approximate surface area is 811 Å². The summed E-state index contributed by atoms with van der Waals surface area (Å²) in [5.41, 5.74) is 8.35. The van der Waals surface area contributed by atoms with Crippen molar-refractivity contribution in [3.63, 3.8) is 0 Å². The number of rotatable bonds is 41. The molecule has 5 aromatic carbocycles. The fourth-order valence-corrected chi connectivity index (χ4v) is 23.6. The van der Waals surface area contributed by atoms with Gasteiger partial charge in [0.05, 0.1) is 46.2 Å². The summed E-state index contributed by atoms with van der Waals surface area (Å²) in [5.74, 6) is 5.03. The molecule has 18 rings (SSSR count). The summed E-state index contributed by atoms with van der Waals surface area (Å²) in [6.45, 7) is 50.3. The van der Waals surface area contributed by atoms with Crippen LogP contribution in [0, 0.1) is 0 Å². The molecule has 0 amide bonds. The summed E-state index contributed by atoms with van der Waals surface area (Å²) in [4.78, 5) is 23.1. The molecule has 0 unspecified atom stereocenters. The highest BCUT2D eigenvalue weighted by Gasteiger charge is 2.42. The minimum absolute atomic E-state index is 0.198. The maximum atomic E-state index is 6.03. The second-order valence-electron chi connectivity index (χ2n) is 42.1. The van der Waals surface area contributed by atoms with Crippen molar-refractivity contribution in [2.75, 3.05) is 297 Å². The predicted molar refractivity (Wildman–Crippen MR) is 545 cm³/mol. The molecule has 0 aromatic heterocycles. The molecule has 13 saturated heterocycles. The Bertz CT molecular complexity index is 3700. The van der Waals surface area contributed by atoms with Crippen LogP contribution in [0.3, 0.4) is 0 Å². The molecule has 1 N–H and O–H groups in total. The van der Waals surface area contributed by atoms with Gasteiger partial charge in [0.25, 0.3) is 0 Å². The predicted octanol–water partition coefficient (Wildman–Crippen LogP) is 17.5. The smallest absolute Gasteiger partial charge is 0.119 e. The zero-order chi connectivity index (χ0) is 92.3. The Morgan fingerprint density at radius 1 is 0.261 bits per heavy atom. The maximum absolute atomic E-state index is 6.03. The SMILES string of the molecule is CC(C)N(C)CC1(c2ccc(OCCCN3CCCC3)cc2)CCOCC1.CNCC1(c2ccc(OCCCN3CCCC3)cc2)CCOCC1.c1cc(C2(CN3CCCC3)CCOCC2)ccc1OCCCN1CCCC1.c1cc(C2(CN3CCCCC3)CCOCC2)ccc1OCCCN1CCCC1.c1cc(C2(CN3CCOCC3)CCOCC2)ccc1OCCCN1CCCC1. The van der Waals surface area contributed by atoms with E-state index in [1.807, 2.05) is 7.05 Å². The third kappa shape index (κ3) is 33.0. The normalized spacial score (nSPS) is 22.6. The highest BCUT2D eigenvalue weighted by atomic mass is 16.5. The van der Waals surface area contributed by atoms with Gasteiger partial charge in [-0.15, -0.1) is 0 Å². The van der Waals surface area contributed by atoms with Gasteiger partial charge in [-0.05, 0) is 394 Å². The number of morpholine rings is 1. The Balaban J connectivity index is 0.000000135. The molecule has 13 heterocycles. The molecule has 0 radical (unpaired) electrons. The van der Waals surface area contributed by atoms with E-state index >= 15 is 0 Å². The van der Waals surface area contributed by atoms with E-state index in [9.17, 15) is 0 Å². The zero-order valence-corrected chi connectivity index (χ0v) is 84.3. The number of likely N-dealkylation sites (tertiary alicyclic amines) is 7. The Morgan fingerprint density at radius 2 is 0.463 bits per heavy atom. The first kappa shape index (κ1) is 104. The summed E-state index contributed by atoms with van der Waals surface area (Å²) in [6, 6.07) is 45.2. The van der Waals surface area contributed by atoms with Crippen molar-refractivity contribution in [3.05, 3.63) is 149 Å². The molecule has 5 aromatic rings. The zero-order valence-electron chi connectivity index (χ0n) is 84.3. The van der Waals surface area contributed by atoms with Crippen LogP contribution in [0.4, 0.5) is 0 Å². The number of hydrogen-bond donors (Lipinski definition) is 1. The van der Waals surface area contributed by atoms with Crippen molar-refractivity contribution >= 4 is 0 Å². The second-order valence-corrected chi connectivity index (χ2v) is 42.1. The number of benzene rings is 5. The van der Waals surface area contributed by atoms with Gasteiger partial charge in [-0.1, -0.05) is 67.1 Å².